The first-order chi connectivity index (χ1) is 7.53. The molecule has 0 unspecified atom stereocenters. The Morgan fingerprint density at radius 2 is 2.00 bits per heavy atom. The molecule has 2 rings (SSSR count). The molecular formula is C12H14ClFO2. The number of hydrogen-bond donors (Lipinski definition) is 1. The maximum atomic E-state index is 13.8. The SMILES string of the molecule is Cc1cc(F)c(C2(O)CCOCC2)cc1Cl. The van der Waals surface area contributed by atoms with Crippen molar-refractivity contribution in [3.63, 3.8) is 0 Å². The molecule has 1 N–H and O–H groups in total. The molecule has 1 heterocycles. The first kappa shape index (κ1) is 11.8. The first-order valence-electron chi connectivity index (χ1n) is 5.29. The molecule has 0 saturated carbocycles. The van der Waals surface area contributed by atoms with Crippen LogP contribution in [0.25, 0.3) is 0 Å². The summed E-state index contributed by atoms with van der Waals surface area (Å²) in [6, 6.07) is 2.89. The average molecular weight is 245 g/mol. The van der Waals surface area contributed by atoms with Crippen LogP contribution in [0.3, 0.4) is 0 Å². The summed E-state index contributed by atoms with van der Waals surface area (Å²) in [6.45, 7) is 2.63. The fraction of sp³-hybridized carbons (Fsp3) is 0.500. The van der Waals surface area contributed by atoms with E-state index < -0.39 is 11.4 Å². The van der Waals surface area contributed by atoms with Crippen molar-refractivity contribution in [2.75, 3.05) is 13.2 Å². The van der Waals surface area contributed by atoms with Crippen molar-refractivity contribution in [1.29, 1.82) is 0 Å². The minimum Gasteiger partial charge on any atom is -0.385 e. The Morgan fingerprint density at radius 3 is 2.62 bits per heavy atom. The molecule has 1 saturated heterocycles. The van der Waals surface area contributed by atoms with Gasteiger partial charge in [0.2, 0.25) is 0 Å². The molecule has 2 nitrogen and oxygen atoms in total. The standard InChI is InChI=1S/C12H14ClFO2/c1-8-6-11(14)9(7-10(8)13)12(15)2-4-16-5-3-12/h6-7,15H,2-5H2,1H3. The van der Waals surface area contributed by atoms with Crippen LogP contribution in [-0.4, -0.2) is 18.3 Å². The van der Waals surface area contributed by atoms with E-state index >= 15 is 0 Å². The number of hydrogen-bond acceptors (Lipinski definition) is 2. The van der Waals surface area contributed by atoms with Gasteiger partial charge in [-0.05, 0) is 24.6 Å². The lowest BCUT2D eigenvalue weighted by molar-refractivity contribution is -0.0697. The van der Waals surface area contributed by atoms with Gasteiger partial charge in [0.25, 0.3) is 0 Å². The van der Waals surface area contributed by atoms with Crippen molar-refractivity contribution >= 4 is 11.6 Å². The van der Waals surface area contributed by atoms with Gasteiger partial charge in [-0.15, -0.1) is 0 Å². The van der Waals surface area contributed by atoms with Gasteiger partial charge >= 0.3 is 0 Å². The Morgan fingerprint density at radius 1 is 1.38 bits per heavy atom. The van der Waals surface area contributed by atoms with Crippen LogP contribution in [0.15, 0.2) is 12.1 Å². The zero-order valence-electron chi connectivity index (χ0n) is 9.09. The average Bonchev–Trinajstić information content (AvgIpc) is 2.24. The van der Waals surface area contributed by atoms with Crippen molar-refractivity contribution in [3.8, 4) is 0 Å². The maximum absolute atomic E-state index is 13.8. The van der Waals surface area contributed by atoms with E-state index in [0.29, 0.717) is 36.6 Å². The Hall–Kier alpha value is -0.640. The van der Waals surface area contributed by atoms with Crippen molar-refractivity contribution < 1.29 is 14.2 Å². The van der Waals surface area contributed by atoms with Gasteiger partial charge in [0.15, 0.2) is 0 Å². The van der Waals surface area contributed by atoms with Crippen LogP contribution in [0.4, 0.5) is 4.39 Å². The van der Waals surface area contributed by atoms with E-state index in [4.69, 9.17) is 16.3 Å². The van der Waals surface area contributed by atoms with Crippen LogP contribution in [-0.2, 0) is 10.3 Å². The van der Waals surface area contributed by atoms with E-state index in [1.165, 1.54) is 12.1 Å². The Kier molecular flexibility index (Phi) is 3.19. The highest BCUT2D eigenvalue weighted by atomic mass is 35.5. The summed E-state index contributed by atoms with van der Waals surface area (Å²) in [6.07, 6.45) is 0.812. The summed E-state index contributed by atoms with van der Waals surface area (Å²) in [4.78, 5) is 0. The topological polar surface area (TPSA) is 29.5 Å². The van der Waals surface area contributed by atoms with Crippen molar-refractivity contribution in [1.82, 2.24) is 0 Å². The predicted molar refractivity (Wildman–Crippen MR) is 60.1 cm³/mol. The Bertz CT molecular complexity index is 400. The molecule has 0 aromatic heterocycles. The second kappa shape index (κ2) is 4.32. The van der Waals surface area contributed by atoms with Gasteiger partial charge in [0.05, 0.1) is 5.60 Å². The first-order valence-corrected chi connectivity index (χ1v) is 5.67. The molecule has 1 aromatic rings. The molecule has 16 heavy (non-hydrogen) atoms. The molecule has 0 atom stereocenters. The zero-order chi connectivity index (χ0) is 11.8. The fourth-order valence-electron chi connectivity index (χ4n) is 1.98. The molecule has 0 aliphatic carbocycles. The summed E-state index contributed by atoms with van der Waals surface area (Å²) in [5.74, 6) is -0.397. The molecule has 1 fully saturated rings. The van der Waals surface area contributed by atoms with Gasteiger partial charge < -0.3 is 9.84 Å². The second-order valence-corrected chi connectivity index (χ2v) is 4.63. The number of benzene rings is 1. The van der Waals surface area contributed by atoms with Crippen molar-refractivity contribution in [2.24, 2.45) is 0 Å². The summed E-state index contributed by atoms with van der Waals surface area (Å²) in [5.41, 5.74) is -0.176. The number of aryl methyl sites for hydroxylation is 1. The second-order valence-electron chi connectivity index (χ2n) is 4.23. The van der Waals surface area contributed by atoms with Crippen LogP contribution < -0.4 is 0 Å². The van der Waals surface area contributed by atoms with E-state index in [9.17, 15) is 9.50 Å². The molecule has 0 spiro atoms. The smallest absolute Gasteiger partial charge is 0.129 e. The molecule has 1 aliphatic heterocycles. The third-order valence-electron chi connectivity index (χ3n) is 3.07. The van der Waals surface area contributed by atoms with Crippen LogP contribution in [0, 0.1) is 12.7 Å². The maximum Gasteiger partial charge on any atom is 0.129 e. The highest BCUT2D eigenvalue weighted by molar-refractivity contribution is 6.31. The van der Waals surface area contributed by atoms with Crippen LogP contribution in [0.5, 0.6) is 0 Å². The van der Waals surface area contributed by atoms with Gasteiger partial charge in [-0.25, -0.2) is 4.39 Å². The number of ether oxygens (including phenoxy) is 1. The molecule has 1 aliphatic rings. The lowest BCUT2D eigenvalue weighted by atomic mass is 9.86. The predicted octanol–water partition coefficient (Wildman–Crippen LogP) is 2.79. The van der Waals surface area contributed by atoms with Gasteiger partial charge in [-0.2, -0.15) is 0 Å². The van der Waals surface area contributed by atoms with E-state index in [1.54, 1.807) is 6.92 Å². The van der Waals surface area contributed by atoms with Crippen molar-refractivity contribution in [2.45, 2.75) is 25.4 Å². The number of rotatable bonds is 1. The van der Waals surface area contributed by atoms with Gasteiger partial charge in [-0.3, -0.25) is 0 Å². The van der Waals surface area contributed by atoms with Gasteiger partial charge in [0.1, 0.15) is 5.82 Å². The molecular weight excluding hydrogens is 231 g/mol. The lowest BCUT2D eigenvalue weighted by Crippen LogP contribution is -2.34. The third-order valence-corrected chi connectivity index (χ3v) is 3.48. The minimum absolute atomic E-state index is 0.284. The largest absolute Gasteiger partial charge is 0.385 e. The Labute approximate surface area is 99.0 Å². The van der Waals surface area contributed by atoms with Crippen LogP contribution in [0.2, 0.25) is 5.02 Å². The highest BCUT2D eigenvalue weighted by Crippen LogP contribution is 2.35. The van der Waals surface area contributed by atoms with E-state index in [2.05, 4.69) is 0 Å². The molecule has 0 bridgehead atoms. The third kappa shape index (κ3) is 2.08. The minimum atomic E-state index is -1.14. The summed E-state index contributed by atoms with van der Waals surface area (Å²) < 4.78 is 19.0. The van der Waals surface area contributed by atoms with E-state index in [0.717, 1.165) is 0 Å². The van der Waals surface area contributed by atoms with Crippen LogP contribution >= 0.6 is 11.6 Å². The van der Waals surface area contributed by atoms with Crippen LogP contribution in [0.1, 0.15) is 24.0 Å². The number of aliphatic hydroxyl groups is 1. The Balaban J connectivity index is 2.42. The quantitative estimate of drug-likeness (QED) is 0.823. The van der Waals surface area contributed by atoms with E-state index in [1.807, 2.05) is 0 Å². The zero-order valence-corrected chi connectivity index (χ0v) is 9.85. The monoisotopic (exact) mass is 244 g/mol. The van der Waals surface area contributed by atoms with E-state index in [-0.39, 0.29) is 5.56 Å². The summed E-state index contributed by atoms with van der Waals surface area (Å²) >= 11 is 5.96. The molecule has 1 aromatic carbocycles. The summed E-state index contributed by atoms with van der Waals surface area (Å²) in [7, 11) is 0. The van der Waals surface area contributed by atoms with Gasteiger partial charge in [0, 0.05) is 36.6 Å². The lowest BCUT2D eigenvalue weighted by Gasteiger charge is -2.33. The highest BCUT2D eigenvalue weighted by Gasteiger charge is 2.34. The number of halogens is 2. The summed E-state index contributed by atoms with van der Waals surface area (Å²) in [5, 5.41) is 10.8. The molecule has 0 amide bonds. The molecule has 0 radical (unpaired) electrons. The normalized spacial score (nSPS) is 19.8. The van der Waals surface area contributed by atoms with Crippen molar-refractivity contribution in [3.05, 3.63) is 34.1 Å². The molecule has 4 heteroatoms. The van der Waals surface area contributed by atoms with Gasteiger partial charge in [-0.1, -0.05) is 11.6 Å². The molecule has 88 valence electrons. The fourth-order valence-corrected chi connectivity index (χ4v) is 2.14.